The topological polar surface area (TPSA) is 40.6 Å². The van der Waals surface area contributed by atoms with Crippen LogP contribution in [-0.4, -0.2) is 53.7 Å². The van der Waals surface area contributed by atoms with Crippen molar-refractivity contribution in [3.05, 3.63) is 0 Å². The molecule has 1 fully saturated rings. The quantitative estimate of drug-likeness (QED) is 0.717. The second-order valence-corrected chi connectivity index (χ2v) is 6.36. The van der Waals surface area contributed by atoms with Gasteiger partial charge in [0.15, 0.2) is 0 Å². The first-order valence-corrected chi connectivity index (χ1v) is 6.77. The Morgan fingerprint density at radius 3 is 1.94 bits per heavy atom. The molecule has 0 aliphatic carbocycles. The van der Waals surface area contributed by atoms with Gasteiger partial charge >= 0.3 is 0 Å². The number of rotatable bonds is 3. The second-order valence-electron chi connectivity index (χ2n) is 6.36. The Bertz CT molecular complexity index is 310. The van der Waals surface area contributed by atoms with Gasteiger partial charge < -0.3 is 4.90 Å². The Balaban J connectivity index is 2.44. The van der Waals surface area contributed by atoms with Crippen molar-refractivity contribution in [2.45, 2.75) is 47.1 Å². The molecule has 0 N–H and O–H groups in total. The fourth-order valence-electron chi connectivity index (χ4n) is 2.00. The smallest absolute Gasteiger partial charge is 0.230 e. The van der Waals surface area contributed by atoms with E-state index in [0.717, 1.165) is 26.2 Å². The van der Waals surface area contributed by atoms with Gasteiger partial charge in [-0.25, -0.2) is 0 Å². The molecule has 0 radical (unpaired) electrons. The van der Waals surface area contributed by atoms with Crippen LogP contribution >= 0.6 is 0 Å². The van der Waals surface area contributed by atoms with E-state index in [9.17, 15) is 9.59 Å². The van der Waals surface area contributed by atoms with Crippen molar-refractivity contribution in [1.82, 2.24) is 9.80 Å². The monoisotopic (exact) mass is 254 g/mol. The summed E-state index contributed by atoms with van der Waals surface area (Å²) in [5.74, 6) is 0.0112. The van der Waals surface area contributed by atoms with Crippen molar-refractivity contribution in [2.24, 2.45) is 5.41 Å². The molecule has 0 atom stereocenters. The number of ketones is 1. The summed E-state index contributed by atoms with van der Waals surface area (Å²) in [6.07, 6.45) is 0.0468. The first kappa shape index (κ1) is 15.2. The minimum atomic E-state index is -0.421. The SMILES string of the molecule is CC(C)N1CCN(C(=O)CC(=O)C(C)(C)C)CC1. The summed E-state index contributed by atoms with van der Waals surface area (Å²) in [5.41, 5.74) is -0.421. The number of carbonyl (C=O) groups excluding carboxylic acids is 2. The summed E-state index contributed by atoms with van der Waals surface area (Å²) in [5, 5.41) is 0. The van der Waals surface area contributed by atoms with Gasteiger partial charge in [0.05, 0.1) is 6.42 Å². The molecule has 1 aliphatic heterocycles. The van der Waals surface area contributed by atoms with Gasteiger partial charge in [0.1, 0.15) is 5.78 Å². The summed E-state index contributed by atoms with van der Waals surface area (Å²) < 4.78 is 0. The fourth-order valence-corrected chi connectivity index (χ4v) is 2.00. The van der Waals surface area contributed by atoms with Gasteiger partial charge in [0, 0.05) is 37.6 Å². The van der Waals surface area contributed by atoms with Gasteiger partial charge in [0.25, 0.3) is 0 Å². The van der Waals surface area contributed by atoms with Gasteiger partial charge in [0.2, 0.25) is 5.91 Å². The summed E-state index contributed by atoms with van der Waals surface area (Å²) in [6.45, 7) is 13.2. The van der Waals surface area contributed by atoms with Crippen LogP contribution in [0.1, 0.15) is 41.0 Å². The minimum absolute atomic E-state index is 0.0154. The molecule has 0 aromatic carbocycles. The van der Waals surface area contributed by atoms with E-state index in [1.165, 1.54) is 0 Å². The maximum atomic E-state index is 12.0. The molecular weight excluding hydrogens is 228 g/mol. The summed E-state index contributed by atoms with van der Waals surface area (Å²) in [7, 11) is 0. The van der Waals surface area contributed by atoms with Gasteiger partial charge in [-0.1, -0.05) is 20.8 Å². The molecule has 1 rings (SSSR count). The van der Waals surface area contributed by atoms with E-state index in [1.807, 2.05) is 25.7 Å². The maximum Gasteiger partial charge on any atom is 0.230 e. The zero-order valence-corrected chi connectivity index (χ0v) is 12.3. The number of nitrogens with zero attached hydrogens (tertiary/aromatic N) is 2. The highest BCUT2D eigenvalue weighted by Crippen LogP contribution is 2.18. The van der Waals surface area contributed by atoms with Crippen LogP contribution < -0.4 is 0 Å². The third-order valence-electron chi connectivity index (χ3n) is 3.55. The number of Topliss-reactive ketones (excluding diaryl/α,β-unsaturated/α-hetero) is 1. The first-order chi connectivity index (χ1) is 8.21. The Morgan fingerprint density at radius 2 is 1.56 bits per heavy atom. The van der Waals surface area contributed by atoms with E-state index in [1.54, 1.807) is 0 Å². The number of hydrogen-bond acceptors (Lipinski definition) is 3. The number of hydrogen-bond donors (Lipinski definition) is 0. The van der Waals surface area contributed by atoms with E-state index >= 15 is 0 Å². The zero-order chi connectivity index (χ0) is 13.9. The van der Waals surface area contributed by atoms with E-state index in [0.29, 0.717) is 6.04 Å². The van der Waals surface area contributed by atoms with Gasteiger partial charge in [-0.2, -0.15) is 0 Å². The van der Waals surface area contributed by atoms with Crippen molar-refractivity contribution >= 4 is 11.7 Å². The van der Waals surface area contributed by atoms with Crippen LogP contribution in [0.5, 0.6) is 0 Å². The van der Waals surface area contributed by atoms with Gasteiger partial charge in [-0.05, 0) is 13.8 Å². The predicted octanol–water partition coefficient (Wildman–Crippen LogP) is 1.54. The van der Waals surface area contributed by atoms with Crippen molar-refractivity contribution in [2.75, 3.05) is 26.2 Å². The van der Waals surface area contributed by atoms with E-state index in [2.05, 4.69) is 18.7 Å². The zero-order valence-electron chi connectivity index (χ0n) is 12.3. The van der Waals surface area contributed by atoms with Crippen molar-refractivity contribution in [3.63, 3.8) is 0 Å². The first-order valence-electron chi connectivity index (χ1n) is 6.77. The van der Waals surface area contributed by atoms with E-state index < -0.39 is 5.41 Å². The van der Waals surface area contributed by atoms with E-state index in [4.69, 9.17) is 0 Å². The van der Waals surface area contributed by atoms with Crippen LogP contribution in [0.3, 0.4) is 0 Å². The van der Waals surface area contributed by atoms with Gasteiger partial charge in [-0.15, -0.1) is 0 Å². The number of piperazine rings is 1. The average Bonchev–Trinajstić information content (AvgIpc) is 2.27. The Kier molecular flexibility index (Phi) is 4.91. The van der Waals surface area contributed by atoms with Crippen LogP contribution in [0.4, 0.5) is 0 Å². The Morgan fingerprint density at radius 1 is 1.06 bits per heavy atom. The molecule has 4 heteroatoms. The van der Waals surface area contributed by atoms with Crippen LogP contribution in [-0.2, 0) is 9.59 Å². The van der Waals surface area contributed by atoms with E-state index in [-0.39, 0.29) is 18.1 Å². The molecule has 18 heavy (non-hydrogen) atoms. The molecule has 1 saturated heterocycles. The van der Waals surface area contributed by atoms with Crippen molar-refractivity contribution in [3.8, 4) is 0 Å². The standard InChI is InChI=1S/C14H26N2O2/c1-11(2)15-6-8-16(9-7-15)13(18)10-12(17)14(3,4)5/h11H,6-10H2,1-5H3. The average molecular weight is 254 g/mol. The molecule has 0 spiro atoms. The lowest BCUT2D eigenvalue weighted by molar-refractivity contribution is -0.139. The Labute approximate surface area is 110 Å². The molecule has 0 unspecified atom stereocenters. The molecule has 1 amide bonds. The highest BCUT2D eigenvalue weighted by atomic mass is 16.2. The maximum absolute atomic E-state index is 12.0. The largest absolute Gasteiger partial charge is 0.340 e. The molecule has 0 saturated carbocycles. The molecule has 4 nitrogen and oxygen atoms in total. The molecule has 0 bridgehead atoms. The summed E-state index contributed by atoms with van der Waals surface area (Å²) >= 11 is 0. The lowest BCUT2D eigenvalue weighted by Gasteiger charge is -2.37. The highest BCUT2D eigenvalue weighted by Gasteiger charge is 2.28. The van der Waals surface area contributed by atoms with Crippen LogP contribution in [0, 0.1) is 5.41 Å². The third kappa shape index (κ3) is 4.09. The van der Waals surface area contributed by atoms with Crippen LogP contribution in [0.15, 0.2) is 0 Å². The second kappa shape index (κ2) is 5.83. The normalized spacial score (nSPS) is 18.2. The molecule has 0 aromatic rings. The van der Waals surface area contributed by atoms with Crippen molar-refractivity contribution in [1.29, 1.82) is 0 Å². The van der Waals surface area contributed by atoms with Crippen molar-refractivity contribution < 1.29 is 9.59 Å². The molecule has 1 aliphatic rings. The van der Waals surface area contributed by atoms with Crippen LogP contribution in [0.25, 0.3) is 0 Å². The molecule has 0 aromatic heterocycles. The lowest BCUT2D eigenvalue weighted by atomic mass is 9.88. The predicted molar refractivity (Wildman–Crippen MR) is 72.4 cm³/mol. The van der Waals surface area contributed by atoms with Crippen LogP contribution in [0.2, 0.25) is 0 Å². The Hall–Kier alpha value is -0.900. The number of carbonyl (C=O) groups is 2. The number of amides is 1. The highest BCUT2D eigenvalue weighted by molar-refractivity contribution is 6.00. The molecule has 104 valence electrons. The molecule has 1 heterocycles. The van der Waals surface area contributed by atoms with Gasteiger partial charge in [-0.3, -0.25) is 14.5 Å². The summed E-state index contributed by atoms with van der Waals surface area (Å²) in [6, 6.07) is 0.526. The third-order valence-corrected chi connectivity index (χ3v) is 3.55. The fraction of sp³-hybridized carbons (Fsp3) is 0.857. The summed E-state index contributed by atoms with van der Waals surface area (Å²) in [4.78, 5) is 28.0. The lowest BCUT2D eigenvalue weighted by Crippen LogP contribution is -2.51. The molecular formula is C14H26N2O2. The minimum Gasteiger partial charge on any atom is -0.340 e.